The summed E-state index contributed by atoms with van der Waals surface area (Å²) in [5.41, 5.74) is 0.819. The summed E-state index contributed by atoms with van der Waals surface area (Å²) in [6.45, 7) is 0.195. The standard InChI is InChI=1S/C13H16N4O3/c1-17(2)13(18)14-8-11-15-12(16-20-11)9-4-6-10(19-3)7-5-9/h4-7H,8H2,1-3H3,(H,14,18). The third-order valence-corrected chi connectivity index (χ3v) is 2.61. The Bertz CT molecular complexity index is 578. The minimum absolute atomic E-state index is 0.195. The first-order valence-corrected chi connectivity index (χ1v) is 6.02. The van der Waals surface area contributed by atoms with Crippen LogP contribution in [0.5, 0.6) is 5.75 Å². The molecule has 1 aromatic heterocycles. The van der Waals surface area contributed by atoms with Crippen LogP contribution in [0.15, 0.2) is 28.8 Å². The van der Waals surface area contributed by atoms with E-state index in [9.17, 15) is 4.79 Å². The minimum atomic E-state index is -0.214. The normalized spacial score (nSPS) is 10.2. The average molecular weight is 276 g/mol. The molecule has 0 aliphatic rings. The van der Waals surface area contributed by atoms with Crippen LogP contribution in [-0.2, 0) is 6.54 Å². The van der Waals surface area contributed by atoms with E-state index < -0.39 is 0 Å². The molecule has 0 aliphatic carbocycles. The number of aromatic nitrogens is 2. The lowest BCUT2D eigenvalue weighted by Gasteiger charge is -2.09. The number of benzene rings is 1. The molecule has 0 atom stereocenters. The highest BCUT2D eigenvalue weighted by molar-refractivity contribution is 5.73. The van der Waals surface area contributed by atoms with Gasteiger partial charge < -0.3 is 19.5 Å². The molecule has 0 saturated heterocycles. The quantitative estimate of drug-likeness (QED) is 0.915. The smallest absolute Gasteiger partial charge is 0.317 e. The van der Waals surface area contributed by atoms with Gasteiger partial charge in [0.25, 0.3) is 0 Å². The molecule has 1 aromatic carbocycles. The zero-order chi connectivity index (χ0) is 14.5. The molecule has 0 saturated carbocycles. The molecular weight excluding hydrogens is 260 g/mol. The number of hydrogen-bond donors (Lipinski definition) is 1. The van der Waals surface area contributed by atoms with Gasteiger partial charge in [-0.1, -0.05) is 5.16 Å². The van der Waals surface area contributed by atoms with Crippen LogP contribution in [0.4, 0.5) is 4.79 Å². The lowest BCUT2D eigenvalue weighted by atomic mass is 10.2. The van der Waals surface area contributed by atoms with Crippen molar-refractivity contribution in [1.29, 1.82) is 0 Å². The SMILES string of the molecule is COc1ccc(-c2noc(CNC(=O)N(C)C)n2)cc1. The van der Waals surface area contributed by atoms with Crippen molar-refractivity contribution in [1.82, 2.24) is 20.4 Å². The Kier molecular flexibility index (Phi) is 4.19. The Morgan fingerprint density at radius 1 is 1.35 bits per heavy atom. The summed E-state index contributed by atoms with van der Waals surface area (Å²) < 4.78 is 10.2. The summed E-state index contributed by atoms with van der Waals surface area (Å²) in [7, 11) is 4.92. The molecule has 106 valence electrons. The van der Waals surface area contributed by atoms with Crippen LogP contribution in [0.25, 0.3) is 11.4 Å². The zero-order valence-electron chi connectivity index (χ0n) is 11.6. The molecule has 0 aliphatic heterocycles. The molecule has 2 aromatic rings. The van der Waals surface area contributed by atoms with Crippen LogP contribution in [-0.4, -0.2) is 42.3 Å². The first-order chi connectivity index (χ1) is 9.60. The van der Waals surface area contributed by atoms with E-state index in [1.165, 1.54) is 4.90 Å². The molecule has 0 radical (unpaired) electrons. The van der Waals surface area contributed by atoms with E-state index in [1.807, 2.05) is 24.3 Å². The van der Waals surface area contributed by atoms with Crippen LogP contribution in [0.3, 0.4) is 0 Å². The molecule has 20 heavy (non-hydrogen) atoms. The van der Waals surface area contributed by atoms with Crippen molar-refractivity contribution in [3.8, 4) is 17.1 Å². The maximum Gasteiger partial charge on any atom is 0.317 e. The summed E-state index contributed by atoms with van der Waals surface area (Å²) in [5, 5.41) is 6.53. The summed E-state index contributed by atoms with van der Waals surface area (Å²) >= 11 is 0. The summed E-state index contributed by atoms with van der Waals surface area (Å²) in [6.07, 6.45) is 0. The van der Waals surface area contributed by atoms with Gasteiger partial charge in [0.15, 0.2) is 0 Å². The number of carbonyl (C=O) groups excluding carboxylic acids is 1. The van der Waals surface area contributed by atoms with E-state index in [-0.39, 0.29) is 12.6 Å². The number of rotatable bonds is 4. The number of nitrogens with one attached hydrogen (secondary N) is 1. The van der Waals surface area contributed by atoms with Gasteiger partial charge in [-0.2, -0.15) is 4.98 Å². The van der Waals surface area contributed by atoms with Gasteiger partial charge in [0, 0.05) is 19.7 Å². The molecule has 0 unspecified atom stereocenters. The van der Waals surface area contributed by atoms with Gasteiger partial charge in [0.05, 0.1) is 13.7 Å². The van der Waals surface area contributed by atoms with E-state index >= 15 is 0 Å². The van der Waals surface area contributed by atoms with E-state index in [0.717, 1.165) is 11.3 Å². The second-order valence-electron chi connectivity index (χ2n) is 4.29. The molecule has 7 heteroatoms. The van der Waals surface area contributed by atoms with E-state index in [2.05, 4.69) is 15.5 Å². The van der Waals surface area contributed by atoms with Crippen LogP contribution in [0.2, 0.25) is 0 Å². The number of methoxy groups -OCH3 is 1. The van der Waals surface area contributed by atoms with Gasteiger partial charge in [-0.25, -0.2) is 4.79 Å². The molecule has 1 heterocycles. The largest absolute Gasteiger partial charge is 0.497 e. The predicted octanol–water partition coefficient (Wildman–Crippen LogP) is 1.52. The number of hydrogen-bond acceptors (Lipinski definition) is 5. The van der Waals surface area contributed by atoms with Gasteiger partial charge in [-0.3, -0.25) is 0 Å². The number of amides is 2. The Morgan fingerprint density at radius 2 is 2.05 bits per heavy atom. The molecule has 0 bridgehead atoms. The van der Waals surface area contributed by atoms with Gasteiger partial charge in [-0.05, 0) is 24.3 Å². The number of urea groups is 1. The van der Waals surface area contributed by atoms with Crippen LogP contribution >= 0.6 is 0 Å². The lowest BCUT2D eigenvalue weighted by Crippen LogP contribution is -2.33. The molecular formula is C13H16N4O3. The molecule has 2 rings (SSSR count). The van der Waals surface area contributed by atoms with Crippen molar-refractivity contribution in [3.63, 3.8) is 0 Å². The van der Waals surface area contributed by atoms with Crippen LogP contribution < -0.4 is 10.1 Å². The van der Waals surface area contributed by atoms with Crippen molar-refractivity contribution in [2.45, 2.75) is 6.54 Å². The Morgan fingerprint density at radius 3 is 2.65 bits per heavy atom. The molecule has 7 nitrogen and oxygen atoms in total. The molecule has 0 fully saturated rings. The van der Waals surface area contributed by atoms with Crippen molar-refractivity contribution < 1.29 is 14.1 Å². The van der Waals surface area contributed by atoms with Crippen LogP contribution in [0, 0.1) is 0 Å². The highest BCUT2D eigenvalue weighted by Gasteiger charge is 2.10. The van der Waals surface area contributed by atoms with Crippen molar-refractivity contribution in [2.24, 2.45) is 0 Å². The van der Waals surface area contributed by atoms with Crippen LogP contribution in [0.1, 0.15) is 5.89 Å². The highest BCUT2D eigenvalue weighted by Crippen LogP contribution is 2.19. The molecule has 0 spiro atoms. The fraction of sp³-hybridized carbons (Fsp3) is 0.308. The first-order valence-electron chi connectivity index (χ1n) is 6.02. The highest BCUT2D eigenvalue weighted by atomic mass is 16.5. The fourth-order valence-electron chi connectivity index (χ4n) is 1.49. The fourth-order valence-corrected chi connectivity index (χ4v) is 1.49. The Hall–Kier alpha value is -2.57. The second kappa shape index (κ2) is 6.05. The van der Waals surface area contributed by atoms with Gasteiger partial charge in [0.1, 0.15) is 5.75 Å². The first kappa shape index (κ1) is 13.9. The summed E-state index contributed by atoms with van der Waals surface area (Å²) in [6, 6.07) is 7.10. The van der Waals surface area contributed by atoms with Gasteiger partial charge in [0.2, 0.25) is 11.7 Å². The predicted molar refractivity (Wildman–Crippen MR) is 72.2 cm³/mol. The number of ether oxygens (including phenoxy) is 1. The summed E-state index contributed by atoms with van der Waals surface area (Å²) in [4.78, 5) is 17.0. The maximum atomic E-state index is 11.4. The zero-order valence-corrected chi connectivity index (χ0v) is 11.6. The minimum Gasteiger partial charge on any atom is -0.497 e. The number of nitrogens with zero attached hydrogens (tertiary/aromatic N) is 3. The van der Waals surface area contributed by atoms with Crippen molar-refractivity contribution in [3.05, 3.63) is 30.2 Å². The van der Waals surface area contributed by atoms with Crippen molar-refractivity contribution >= 4 is 6.03 Å². The molecule has 1 N–H and O–H groups in total. The van der Waals surface area contributed by atoms with E-state index in [1.54, 1.807) is 21.2 Å². The van der Waals surface area contributed by atoms with Gasteiger partial charge >= 0.3 is 6.03 Å². The average Bonchev–Trinajstić information content (AvgIpc) is 2.93. The van der Waals surface area contributed by atoms with E-state index in [0.29, 0.717) is 11.7 Å². The Balaban J connectivity index is 2.02. The maximum absolute atomic E-state index is 11.4. The van der Waals surface area contributed by atoms with Gasteiger partial charge in [-0.15, -0.1) is 0 Å². The Labute approximate surface area is 116 Å². The lowest BCUT2D eigenvalue weighted by molar-refractivity contribution is 0.215. The number of carbonyl (C=O) groups is 1. The third kappa shape index (κ3) is 3.25. The second-order valence-corrected chi connectivity index (χ2v) is 4.29. The third-order valence-electron chi connectivity index (χ3n) is 2.61. The van der Waals surface area contributed by atoms with E-state index in [4.69, 9.17) is 9.26 Å². The molecule has 2 amide bonds. The summed E-state index contributed by atoms with van der Waals surface area (Å²) in [5.74, 6) is 1.59. The monoisotopic (exact) mass is 276 g/mol. The topological polar surface area (TPSA) is 80.5 Å². The van der Waals surface area contributed by atoms with Crippen molar-refractivity contribution in [2.75, 3.05) is 21.2 Å².